The number of carbonyl (C=O) groups is 2. The Hall–Kier alpha value is -3.97. The summed E-state index contributed by atoms with van der Waals surface area (Å²) in [7, 11) is 1.75. The molecule has 2 fully saturated rings. The number of aromatic amines is 1. The molecule has 0 spiro atoms. The summed E-state index contributed by atoms with van der Waals surface area (Å²) in [4.78, 5) is 40.3. The fraction of sp³-hybridized carbons (Fsp3) is 0.385. The predicted molar refractivity (Wildman–Crippen MR) is 140 cm³/mol. The molecule has 1 saturated carbocycles. The highest BCUT2D eigenvalue weighted by molar-refractivity contribution is 6.31. The number of hydrogen-bond acceptors (Lipinski definition) is 7. The molecule has 37 heavy (non-hydrogen) atoms. The number of carbonyl (C=O) groups excluding carboxylic acids is 2. The van der Waals surface area contributed by atoms with Crippen LogP contribution in [0, 0.1) is 28.6 Å². The van der Waals surface area contributed by atoms with Crippen molar-refractivity contribution >= 4 is 46.0 Å². The Balaban J connectivity index is 1.37. The molecule has 190 valence electrons. The van der Waals surface area contributed by atoms with Gasteiger partial charge in [-0.3, -0.25) is 15.0 Å². The summed E-state index contributed by atoms with van der Waals surface area (Å²) in [5.74, 6) is -0.422. The molecule has 5 rings (SSSR count). The highest BCUT2D eigenvalue weighted by Gasteiger charge is 2.40. The number of benzene rings is 1. The van der Waals surface area contributed by atoms with E-state index in [0.717, 1.165) is 12.8 Å². The lowest BCUT2D eigenvalue weighted by molar-refractivity contribution is -0.135. The first kappa shape index (κ1) is 24.7. The topological polar surface area (TPSA) is 151 Å². The van der Waals surface area contributed by atoms with Crippen molar-refractivity contribution in [3.05, 3.63) is 52.4 Å². The van der Waals surface area contributed by atoms with E-state index in [2.05, 4.69) is 31.7 Å². The van der Waals surface area contributed by atoms with Crippen LogP contribution >= 0.6 is 11.6 Å². The van der Waals surface area contributed by atoms with Gasteiger partial charge in [-0.1, -0.05) is 11.6 Å². The highest BCUT2D eigenvalue weighted by Crippen LogP contribution is 2.34. The molecule has 4 N–H and O–H groups in total. The lowest BCUT2D eigenvalue weighted by atomic mass is 9.97. The van der Waals surface area contributed by atoms with Crippen molar-refractivity contribution in [2.45, 2.75) is 31.7 Å². The van der Waals surface area contributed by atoms with Gasteiger partial charge in [-0.15, -0.1) is 0 Å². The Labute approximate surface area is 218 Å². The van der Waals surface area contributed by atoms with E-state index < -0.39 is 11.9 Å². The van der Waals surface area contributed by atoms with Crippen LogP contribution in [0.15, 0.2) is 30.6 Å². The van der Waals surface area contributed by atoms with Gasteiger partial charge in [-0.05, 0) is 49.8 Å². The van der Waals surface area contributed by atoms with Gasteiger partial charge < -0.3 is 20.5 Å². The summed E-state index contributed by atoms with van der Waals surface area (Å²) >= 11 is 6.09. The number of nitriles is 1. The van der Waals surface area contributed by atoms with E-state index in [9.17, 15) is 9.59 Å². The van der Waals surface area contributed by atoms with E-state index in [0.29, 0.717) is 59.1 Å². The number of aromatic nitrogens is 3. The van der Waals surface area contributed by atoms with Crippen LogP contribution in [0.25, 0.3) is 11.2 Å². The van der Waals surface area contributed by atoms with Gasteiger partial charge in [-0.2, -0.15) is 5.26 Å². The number of hydrogen-bond donors (Lipinski definition) is 4. The Morgan fingerprint density at radius 3 is 2.68 bits per heavy atom. The first-order valence-corrected chi connectivity index (χ1v) is 12.7. The number of amides is 2. The Bertz CT molecular complexity index is 1420. The van der Waals surface area contributed by atoms with E-state index in [-0.39, 0.29) is 29.0 Å². The number of nitrogens with zero attached hydrogens (tertiary/aromatic N) is 4. The second kappa shape index (κ2) is 10.2. The maximum Gasteiger partial charge on any atom is 0.255 e. The van der Waals surface area contributed by atoms with Crippen LogP contribution in [-0.4, -0.2) is 63.6 Å². The van der Waals surface area contributed by atoms with Crippen molar-refractivity contribution in [3.63, 3.8) is 0 Å². The second-order valence-electron chi connectivity index (χ2n) is 9.49. The molecule has 2 aliphatic rings. The summed E-state index contributed by atoms with van der Waals surface area (Å²) in [6, 6.07) is 6.83. The van der Waals surface area contributed by atoms with Gasteiger partial charge in [0.1, 0.15) is 17.3 Å². The largest absolute Gasteiger partial charge is 0.388 e. The minimum absolute atomic E-state index is 0.0206. The zero-order valence-electron chi connectivity index (χ0n) is 20.3. The van der Waals surface area contributed by atoms with Crippen molar-refractivity contribution in [1.29, 1.82) is 10.7 Å². The summed E-state index contributed by atoms with van der Waals surface area (Å²) in [5.41, 5.74) is 2.72. The van der Waals surface area contributed by atoms with Gasteiger partial charge in [0.15, 0.2) is 5.65 Å². The number of halogens is 1. The molecule has 1 aromatic carbocycles. The third-order valence-corrected chi connectivity index (χ3v) is 7.27. The number of H-pyrrole nitrogens is 1. The average molecular weight is 519 g/mol. The van der Waals surface area contributed by atoms with Crippen molar-refractivity contribution < 1.29 is 9.59 Å². The van der Waals surface area contributed by atoms with Crippen LogP contribution in [0.2, 0.25) is 5.02 Å². The molecular formula is C26H27ClN8O2. The Morgan fingerprint density at radius 1 is 1.24 bits per heavy atom. The van der Waals surface area contributed by atoms with E-state index in [1.54, 1.807) is 30.1 Å². The molecule has 1 atom stereocenters. The van der Waals surface area contributed by atoms with Crippen LogP contribution in [0.3, 0.4) is 0 Å². The zero-order valence-corrected chi connectivity index (χ0v) is 21.1. The molecule has 11 heteroatoms. The molecule has 3 aromatic rings. The fourth-order valence-electron chi connectivity index (χ4n) is 4.72. The van der Waals surface area contributed by atoms with Gasteiger partial charge in [0, 0.05) is 48.5 Å². The molecule has 2 amide bonds. The van der Waals surface area contributed by atoms with E-state index in [1.165, 1.54) is 12.4 Å². The van der Waals surface area contributed by atoms with Crippen LogP contribution in [0.4, 0.5) is 5.69 Å². The molecule has 2 aromatic heterocycles. The van der Waals surface area contributed by atoms with Gasteiger partial charge in [-0.25, -0.2) is 9.97 Å². The van der Waals surface area contributed by atoms with Gasteiger partial charge in [0.25, 0.3) is 5.91 Å². The first-order chi connectivity index (χ1) is 17.9. The number of likely N-dealkylation sites (tertiary alicyclic amines) is 1. The first-order valence-electron chi connectivity index (χ1n) is 12.3. The van der Waals surface area contributed by atoms with E-state index in [1.807, 2.05) is 0 Å². The quantitative estimate of drug-likeness (QED) is 0.352. The second-order valence-corrected chi connectivity index (χ2v) is 9.92. The Morgan fingerprint density at radius 2 is 2.00 bits per heavy atom. The number of rotatable bonds is 7. The number of fused-ring (bicyclic) bond motifs is 1. The molecule has 10 nitrogen and oxygen atoms in total. The lowest BCUT2D eigenvalue weighted by Crippen LogP contribution is -2.51. The van der Waals surface area contributed by atoms with Gasteiger partial charge in [0.2, 0.25) is 5.91 Å². The zero-order chi connectivity index (χ0) is 26.1. The highest BCUT2D eigenvalue weighted by atomic mass is 35.5. The van der Waals surface area contributed by atoms with Crippen LogP contribution < -0.4 is 10.6 Å². The third-order valence-electron chi connectivity index (χ3n) is 7.04. The number of piperidine rings is 1. The molecule has 0 radical (unpaired) electrons. The molecule has 1 aliphatic heterocycles. The summed E-state index contributed by atoms with van der Waals surface area (Å²) in [5, 5.41) is 24.4. The van der Waals surface area contributed by atoms with Crippen LogP contribution in [-0.2, 0) is 4.79 Å². The summed E-state index contributed by atoms with van der Waals surface area (Å²) in [6.45, 7) is 1.05. The van der Waals surface area contributed by atoms with Crippen molar-refractivity contribution in [3.8, 4) is 6.07 Å². The smallest absolute Gasteiger partial charge is 0.255 e. The van der Waals surface area contributed by atoms with Crippen molar-refractivity contribution in [2.24, 2.45) is 11.8 Å². The van der Waals surface area contributed by atoms with Crippen molar-refractivity contribution in [1.82, 2.24) is 25.2 Å². The molecule has 3 heterocycles. The van der Waals surface area contributed by atoms with E-state index in [4.69, 9.17) is 22.3 Å². The standard InChI is InChI=1S/C26H27ClN8O2/c1-30-19-10-16(27)4-5-17(19)21(29)20-13-32-24-23(33-20)18(12-31-24)25(36)34-22(15-2-3-15)26(37)35-8-6-14(11-28)7-9-35/h4-5,10,12-15,22,29-30H,2-3,6-9H2,1H3,(H,31,32)(H,34,36). The maximum atomic E-state index is 13.3. The predicted octanol–water partition coefficient (Wildman–Crippen LogP) is 3.34. The van der Waals surface area contributed by atoms with Crippen LogP contribution in [0.5, 0.6) is 0 Å². The van der Waals surface area contributed by atoms with Crippen molar-refractivity contribution in [2.75, 3.05) is 25.5 Å². The monoisotopic (exact) mass is 518 g/mol. The SMILES string of the molecule is CNc1cc(Cl)ccc1C(=N)c1cnc2[nH]cc(C(=O)NC(C(=O)N3CCC(C#N)CC3)C3CC3)c2n1. The molecule has 1 saturated heterocycles. The minimum Gasteiger partial charge on any atom is -0.388 e. The minimum atomic E-state index is -0.613. The molecule has 0 bridgehead atoms. The normalized spacial score (nSPS) is 16.7. The van der Waals surface area contributed by atoms with Gasteiger partial charge >= 0.3 is 0 Å². The number of anilines is 1. The summed E-state index contributed by atoms with van der Waals surface area (Å²) < 4.78 is 0. The fourth-order valence-corrected chi connectivity index (χ4v) is 4.89. The Kier molecular flexibility index (Phi) is 6.80. The molecular weight excluding hydrogens is 492 g/mol. The van der Waals surface area contributed by atoms with Gasteiger partial charge in [0.05, 0.1) is 23.5 Å². The maximum absolute atomic E-state index is 13.3. The molecule has 1 aliphatic carbocycles. The van der Waals surface area contributed by atoms with E-state index >= 15 is 0 Å². The summed E-state index contributed by atoms with van der Waals surface area (Å²) in [6.07, 6.45) is 6.09. The third kappa shape index (κ3) is 5.00. The lowest BCUT2D eigenvalue weighted by Gasteiger charge is -2.32. The number of nitrogens with one attached hydrogen (secondary N) is 4. The van der Waals surface area contributed by atoms with Crippen LogP contribution in [0.1, 0.15) is 47.3 Å². The average Bonchev–Trinajstić information content (AvgIpc) is 3.68. The molecule has 1 unspecified atom stereocenters.